The first kappa shape index (κ1) is 21.3. The van der Waals surface area contributed by atoms with Crippen LogP contribution in [-0.2, 0) is 20.9 Å². The van der Waals surface area contributed by atoms with E-state index < -0.39 is 17.8 Å². The zero-order valence-corrected chi connectivity index (χ0v) is 17.7. The van der Waals surface area contributed by atoms with E-state index >= 15 is 0 Å². The average molecular weight is 422 g/mol. The Hall–Kier alpha value is -2.42. The number of nitrogens with one attached hydrogen (secondary N) is 1. The topological polar surface area (TPSA) is 103 Å². The van der Waals surface area contributed by atoms with E-state index in [4.69, 9.17) is 9.15 Å². The number of carbonyl (C=O) groups excluding carboxylic acids is 2. The summed E-state index contributed by atoms with van der Waals surface area (Å²) in [5.41, 5.74) is 0. The SMILES string of the molecule is C[C@@H]1[C@@H](C)CCC[C@H]1NC(=O)[C@H](C)OC(=O)CCn1nc(-c2cccs2)oc1=O. The molecule has 0 radical (unpaired) electrons. The lowest BCUT2D eigenvalue weighted by molar-refractivity contribution is -0.155. The molecular weight excluding hydrogens is 394 g/mol. The molecule has 1 aliphatic carbocycles. The van der Waals surface area contributed by atoms with E-state index in [-0.39, 0.29) is 30.8 Å². The highest BCUT2D eigenvalue weighted by Gasteiger charge is 2.30. The number of nitrogens with zero attached hydrogens (tertiary/aromatic N) is 2. The molecule has 158 valence electrons. The number of carbonyl (C=O) groups is 2. The molecule has 4 atom stereocenters. The molecule has 3 rings (SSSR count). The standard InChI is InChI=1S/C20H27N3O5S/c1-12-6-4-7-15(13(12)2)21-18(25)14(3)27-17(24)9-10-23-20(26)28-19(22-23)16-8-5-11-29-16/h5,8,11-15H,4,6-7,9-10H2,1-3H3,(H,21,25)/t12-,13+,14-,15+/m0/s1. The van der Waals surface area contributed by atoms with Crippen molar-refractivity contribution in [1.82, 2.24) is 15.1 Å². The van der Waals surface area contributed by atoms with E-state index in [0.717, 1.165) is 22.4 Å². The number of hydrogen-bond acceptors (Lipinski definition) is 7. The largest absolute Gasteiger partial charge is 0.452 e. The van der Waals surface area contributed by atoms with Crippen molar-refractivity contribution in [3.8, 4) is 10.8 Å². The minimum absolute atomic E-state index is 0.0258. The summed E-state index contributed by atoms with van der Waals surface area (Å²) in [7, 11) is 0. The molecule has 1 amide bonds. The molecule has 8 nitrogen and oxygen atoms in total. The Morgan fingerprint density at radius 1 is 1.41 bits per heavy atom. The molecule has 2 aromatic heterocycles. The first-order valence-corrected chi connectivity index (χ1v) is 10.8. The smallest absolute Gasteiger partial charge is 0.437 e. The minimum atomic E-state index is -0.886. The fourth-order valence-corrected chi connectivity index (χ4v) is 4.18. The molecule has 2 heterocycles. The van der Waals surface area contributed by atoms with E-state index in [2.05, 4.69) is 24.3 Å². The Balaban J connectivity index is 1.48. The second-order valence-corrected chi connectivity index (χ2v) is 8.59. The van der Waals surface area contributed by atoms with Crippen LogP contribution in [0.4, 0.5) is 0 Å². The highest BCUT2D eigenvalue weighted by atomic mass is 32.1. The highest BCUT2D eigenvalue weighted by Crippen LogP contribution is 2.29. The van der Waals surface area contributed by atoms with Crippen LogP contribution in [0, 0.1) is 11.8 Å². The van der Waals surface area contributed by atoms with Crippen molar-refractivity contribution >= 4 is 23.2 Å². The number of ether oxygens (including phenoxy) is 1. The van der Waals surface area contributed by atoms with Crippen LogP contribution in [0.2, 0.25) is 0 Å². The summed E-state index contributed by atoms with van der Waals surface area (Å²) in [4.78, 5) is 37.1. The van der Waals surface area contributed by atoms with Gasteiger partial charge in [-0.25, -0.2) is 4.79 Å². The van der Waals surface area contributed by atoms with E-state index in [0.29, 0.717) is 11.8 Å². The Morgan fingerprint density at radius 3 is 2.93 bits per heavy atom. The van der Waals surface area contributed by atoms with Crippen LogP contribution in [0.25, 0.3) is 10.8 Å². The number of thiophene rings is 1. The predicted octanol–water partition coefficient (Wildman–Crippen LogP) is 2.83. The van der Waals surface area contributed by atoms with Crippen LogP contribution in [0.1, 0.15) is 46.5 Å². The number of aryl methyl sites for hydroxylation is 1. The lowest BCUT2D eigenvalue weighted by Gasteiger charge is -2.35. The van der Waals surface area contributed by atoms with Gasteiger partial charge in [-0.05, 0) is 36.6 Å². The van der Waals surface area contributed by atoms with Crippen LogP contribution in [-0.4, -0.2) is 33.8 Å². The molecule has 0 saturated heterocycles. The molecule has 0 spiro atoms. The number of rotatable bonds is 7. The van der Waals surface area contributed by atoms with Gasteiger partial charge < -0.3 is 14.5 Å². The normalized spacial score (nSPS) is 22.8. The van der Waals surface area contributed by atoms with Crippen molar-refractivity contribution in [2.24, 2.45) is 11.8 Å². The number of aromatic nitrogens is 2. The molecular formula is C20H27N3O5S. The van der Waals surface area contributed by atoms with Gasteiger partial charge in [0.05, 0.1) is 17.8 Å². The molecule has 9 heteroatoms. The summed E-state index contributed by atoms with van der Waals surface area (Å²) < 4.78 is 11.4. The second-order valence-electron chi connectivity index (χ2n) is 7.64. The third kappa shape index (κ3) is 5.35. The maximum Gasteiger partial charge on any atom is 0.437 e. The molecule has 1 saturated carbocycles. The van der Waals surface area contributed by atoms with Gasteiger partial charge in [-0.1, -0.05) is 32.8 Å². The Morgan fingerprint density at radius 2 is 2.21 bits per heavy atom. The predicted molar refractivity (Wildman–Crippen MR) is 108 cm³/mol. The molecule has 0 aliphatic heterocycles. The van der Waals surface area contributed by atoms with Crippen LogP contribution >= 0.6 is 11.3 Å². The molecule has 2 aromatic rings. The van der Waals surface area contributed by atoms with Gasteiger partial charge in [0.2, 0.25) is 0 Å². The van der Waals surface area contributed by atoms with Crippen molar-refractivity contribution in [2.75, 3.05) is 0 Å². The highest BCUT2D eigenvalue weighted by molar-refractivity contribution is 7.13. The summed E-state index contributed by atoms with van der Waals surface area (Å²) in [6.07, 6.45) is 2.24. The van der Waals surface area contributed by atoms with Gasteiger partial charge in [0, 0.05) is 6.04 Å². The third-order valence-corrected chi connectivity index (χ3v) is 6.44. The van der Waals surface area contributed by atoms with E-state index in [1.54, 1.807) is 13.0 Å². The van der Waals surface area contributed by atoms with Gasteiger partial charge in [-0.15, -0.1) is 16.4 Å². The Bertz CT molecular complexity index is 888. The van der Waals surface area contributed by atoms with Crippen molar-refractivity contribution in [1.29, 1.82) is 0 Å². The summed E-state index contributed by atoms with van der Waals surface area (Å²) >= 11 is 1.40. The van der Waals surface area contributed by atoms with Gasteiger partial charge in [-0.2, -0.15) is 4.68 Å². The summed E-state index contributed by atoms with van der Waals surface area (Å²) in [6, 6.07) is 3.73. The zero-order chi connectivity index (χ0) is 21.0. The van der Waals surface area contributed by atoms with E-state index in [9.17, 15) is 14.4 Å². The minimum Gasteiger partial charge on any atom is -0.452 e. The van der Waals surface area contributed by atoms with Crippen LogP contribution in [0.5, 0.6) is 0 Å². The fourth-order valence-electron chi connectivity index (χ4n) is 3.54. The van der Waals surface area contributed by atoms with Crippen LogP contribution in [0.3, 0.4) is 0 Å². The number of amides is 1. The molecule has 29 heavy (non-hydrogen) atoms. The first-order valence-electron chi connectivity index (χ1n) is 9.97. The van der Waals surface area contributed by atoms with Gasteiger partial charge in [0.15, 0.2) is 6.10 Å². The quantitative estimate of drug-likeness (QED) is 0.690. The van der Waals surface area contributed by atoms with E-state index in [1.165, 1.54) is 17.8 Å². The van der Waals surface area contributed by atoms with Crippen molar-refractivity contribution in [3.05, 3.63) is 28.1 Å². The van der Waals surface area contributed by atoms with Gasteiger partial charge in [0.1, 0.15) is 0 Å². The Kier molecular flexibility index (Phi) is 6.89. The van der Waals surface area contributed by atoms with Gasteiger partial charge >= 0.3 is 11.7 Å². The lowest BCUT2D eigenvalue weighted by Crippen LogP contribution is -2.47. The van der Waals surface area contributed by atoms with Crippen LogP contribution < -0.4 is 11.1 Å². The number of esters is 1. The lowest BCUT2D eigenvalue weighted by atomic mass is 9.78. The maximum absolute atomic E-state index is 12.4. The molecule has 0 bridgehead atoms. The Labute approximate surface area is 173 Å². The van der Waals surface area contributed by atoms with E-state index in [1.807, 2.05) is 11.4 Å². The number of hydrogen-bond donors (Lipinski definition) is 1. The van der Waals surface area contributed by atoms with Crippen molar-refractivity contribution in [2.45, 2.75) is 65.1 Å². The molecule has 0 unspecified atom stereocenters. The second kappa shape index (κ2) is 9.39. The molecule has 1 fully saturated rings. The monoisotopic (exact) mass is 421 g/mol. The van der Waals surface area contributed by atoms with Crippen LogP contribution in [0.15, 0.2) is 26.7 Å². The maximum atomic E-state index is 12.4. The third-order valence-electron chi connectivity index (χ3n) is 5.58. The fraction of sp³-hybridized carbons (Fsp3) is 0.600. The summed E-state index contributed by atoms with van der Waals surface area (Å²) in [6.45, 7) is 5.92. The average Bonchev–Trinajstić information content (AvgIpc) is 3.33. The zero-order valence-electron chi connectivity index (χ0n) is 16.9. The summed E-state index contributed by atoms with van der Waals surface area (Å²) in [5.74, 6) is -0.304. The van der Waals surface area contributed by atoms with Gasteiger partial charge in [-0.3, -0.25) is 9.59 Å². The first-order chi connectivity index (χ1) is 13.8. The van der Waals surface area contributed by atoms with Gasteiger partial charge in [0.25, 0.3) is 11.8 Å². The molecule has 1 aliphatic rings. The molecule has 0 aromatic carbocycles. The summed E-state index contributed by atoms with van der Waals surface area (Å²) in [5, 5.41) is 8.95. The van der Waals surface area contributed by atoms with Crippen molar-refractivity contribution < 1.29 is 18.7 Å². The molecule has 1 N–H and O–H groups in total. The van der Waals surface area contributed by atoms with Crippen molar-refractivity contribution in [3.63, 3.8) is 0 Å².